The summed E-state index contributed by atoms with van der Waals surface area (Å²) in [7, 11) is 1.78. The van der Waals surface area contributed by atoms with Gasteiger partial charge in [-0.25, -0.2) is 0 Å². The second-order valence-electron chi connectivity index (χ2n) is 6.92. The van der Waals surface area contributed by atoms with Gasteiger partial charge in [-0.3, -0.25) is 9.59 Å². The lowest BCUT2D eigenvalue weighted by molar-refractivity contribution is -0.125. The number of aryl methyl sites for hydroxylation is 1. The number of aromatic nitrogens is 3. The highest BCUT2D eigenvalue weighted by Crippen LogP contribution is 2.20. The molecule has 1 aliphatic rings. The first-order valence-corrected chi connectivity index (χ1v) is 9.15. The molecule has 0 aliphatic carbocycles. The number of amides is 2. The third-order valence-corrected chi connectivity index (χ3v) is 4.96. The van der Waals surface area contributed by atoms with E-state index in [4.69, 9.17) is 0 Å². The molecule has 27 heavy (non-hydrogen) atoms. The fraction of sp³-hybridized carbons (Fsp3) is 0.400. The van der Waals surface area contributed by atoms with Crippen molar-refractivity contribution in [3.8, 4) is 5.69 Å². The number of nitrogens with zero attached hydrogens (tertiary/aromatic N) is 5. The molecule has 0 spiro atoms. The van der Waals surface area contributed by atoms with E-state index in [9.17, 15) is 9.59 Å². The molecule has 0 bridgehead atoms. The van der Waals surface area contributed by atoms with E-state index in [-0.39, 0.29) is 11.8 Å². The third-order valence-electron chi connectivity index (χ3n) is 4.96. The summed E-state index contributed by atoms with van der Waals surface area (Å²) >= 11 is 0. The van der Waals surface area contributed by atoms with Crippen molar-refractivity contribution in [3.05, 3.63) is 54.4 Å². The molecule has 0 unspecified atom stereocenters. The number of hydrogen-bond acceptors (Lipinski definition) is 4. The molecule has 3 rings (SSSR count). The van der Waals surface area contributed by atoms with Gasteiger partial charge < -0.3 is 9.80 Å². The number of benzene rings is 1. The average Bonchev–Trinajstić information content (AvgIpc) is 3.09. The molecule has 2 heterocycles. The molecule has 0 saturated carbocycles. The molecule has 1 aromatic carbocycles. The molecule has 0 N–H and O–H groups in total. The van der Waals surface area contributed by atoms with Crippen LogP contribution in [-0.4, -0.2) is 63.3 Å². The molecular formula is C20H25N5O2. The van der Waals surface area contributed by atoms with Crippen molar-refractivity contribution in [1.29, 1.82) is 0 Å². The van der Waals surface area contributed by atoms with Crippen molar-refractivity contribution in [2.45, 2.75) is 19.8 Å². The van der Waals surface area contributed by atoms with E-state index in [1.807, 2.05) is 42.2 Å². The standard InChI is InChI=1S/C20H25N5O2/c1-4-18(26)23(3)14-16-10-12-24(13-11-16)20(27)19-15(2)21-25(22-19)17-8-6-5-7-9-17/h4-9,16H,1,10-14H2,2-3H3. The van der Waals surface area contributed by atoms with Crippen molar-refractivity contribution in [2.24, 2.45) is 5.92 Å². The second kappa shape index (κ2) is 8.16. The SMILES string of the molecule is C=CC(=O)N(C)CC1CCN(C(=O)c2nn(-c3ccccc3)nc2C)CC1. The normalized spacial score (nSPS) is 14.8. The van der Waals surface area contributed by atoms with Gasteiger partial charge >= 0.3 is 0 Å². The fourth-order valence-corrected chi connectivity index (χ4v) is 3.35. The van der Waals surface area contributed by atoms with E-state index in [1.54, 1.807) is 11.9 Å². The Bertz CT molecular complexity index is 822. The van der Waals surface area contributed by atoms with Gasteiger partial charge in [0.05, 0.1) is 11.4 Å². The number of likely N-dealkylation sites (N-methyl/N-ethyl adjacent to an activating group) is 1. The molecule has 1 aromatic heterocycles. The van der Waals surface area contributed by atoms with Gasteiger partial charge in [-0.1, -0.05) is 24.8 Å². The Morgan fingerprint density at radius 2 is 1.89 bits per heavy atom. The van der Waals surface area contributed by atoms with Crippen LogP contribution in [0.15, 0.2) is 43.0 Å². The van der Waals surface area contributed by atoms with E-state index >= 15 is 0 Å². The van der Waals surface area contributed by atoms with Crippen LogP contribution < -0.4 is 0 Å². The molecule has 2 amide bonds. The van der Waals surface area contributed by atoms with Crippen molar-refractivity contribution in [3.63, 3.8) is 0 Å². The summed E-state index contributed by atoms with van der Waals surface area (Å²) in [5.41, 5.74) is 1.85. The molecule has 1 fully saturated rings. The Morgan fingerprint density at radius 3 is 2.52 bits per heavy atom. The average molecular weight is 367 g/mol. The number of para-hydroxylation sites is 1. The first-order chi connectivity index (χ1) is 13.0. The van der Waals surface area contributed by atoms with Crippen LogP contribution in [0.4, 0.5) is 0 Å². The lowest BCUT2D eigenvalue weighted by Crippen LogP contribution is -2.42. The molecule has 7 nitrogen and oxygen atoms in total. The molecule has 7 heteroatoms. The van der Waals surface area contributed by atoms with Crippen LogP contribution in [0.2, 0.25) is 0 Å². The van der Waals surface area contributed by atoms with Gasteiger partial charge in [0, 0.05) is 26.7 Å². The molecular weight excluding hydrogens is 342 g/mol. The zero-order valence-electron chi connectivity index (χ0n) is 15.8. The molecule has 1 saturated heterocycles. The van der Waals surface area contributed by atoms with Gasteiger partial charge in [-0.15, -0.1) is 5.10 Å². The lowest BCUT2D eigenvalue weighted by Gasteiger charge is -2.33. The largest absolute Gasteiger partial charge is 0.342 e. The first-order valence-electron chi connectivity index (χ1n) is 9.15. The van der Waals surface area contributed by atoms with Gasteiger partial charge in [-0.2, -0.15) is 9.90 Å². The van der Waals surface area contributed by atoms with E-state index in [2.05, 4.69) is 16.8 Å². The van der Waals surface area contributed by atoms with Crippen molar-refractivity contribution < 1.29 is 9.59 Å². The minimum absolute atomic E-state index is 0.0679. The summed E-state index contributed by atoms with van der Waals surface area (Å²) in [6.45, 7) is 7.34. The summed E-state index contributed by atoms with van der Waals surface area (Å²) in [6, 6.07) is 9.55. The van der Waals surface area contributed by atoms with Gasteiger partial charge in [-0.05, 0) is 43.9 Å². The Hall–Kier alpha value is -2.96. The molecule has 142 valence electrons. The second-order valence-corrected chi connectivity index (χ2v) is 6.92. The zero-order chi connectivity index (χ0) is 19.4. The minimum atomic E-state index is -0.0800. The van der Waals surface area contributed by atoms with Crippen molar-refractivity contribution >= 4 is 11.8 Å². The summed E-state index contributed by atoms with van der Waals surface area (Å²) in [5.74, 6) is 0.245. The number of carbonyl (C=O) groups is 2. The summed E-state index contributed by atoms with van der Waals surface area (Å²) < 4.78 is 0. The lowest BCUT2D eigenvalue weighted by atomic mass is 9.96. The number of hydrogen-bond donors (Lipinski definition) is 0. The van der Waals surface area contributed by atoms with Gasteiger partial charge in [0.15, 0.2) is 5.69 Å². The summed E-state index contributed by atoms with van der Waals surface area (Å²) in [4.78, 5) is 29.5. The van der Waals surface area contributed by atoms with Crippen molar-refractivity contribution in [1.82, 2.24) is 24.8 Å². The zero-order valence-corrected chi connectivity index (χ0v) is 15.8. The minimum Gasteiger partial charge on any atom is -0.342 e. The van der Waals surface area contributed by atoms with Crippen LogP contribution in [0.5, 0.6) is 0 Å². The smallest absolute Gasteiger partial charge is 0.276 e. The molecule has 0 atom stereocenters. The van der Waals surface area contributed by atoms with Crippen LogP contribution in [0.25, 0.3) is 5.69 Å². The van der Waals surface area contributed by atoms with Crippen LogP contribution >= 0.6 is 0 Å². The van der Waals surface area contributed by atoms with Crippen LogP contribution in [0.1, 0.15) is 29.0 Å². The Kier molecular flexibility index (Phi) is 5.69. The highest BCUT2D eigenvalue weighted by atomic mass is 16.2. The maximum atomic E-state index is 12.9. The predicted octanol–water partition coefficient (Wildman–Crippen LogP) is 2.07. The number of likely N-dealkylation sites (tertiary alicyclic amines) is 1. The van der Waals surface area contributed by atoms with Gasteiger partial charge in [0.25, 0.3) is 5.91 Å². The maximum Gasteiger partial charge on any atom is 0.276 e. The first kappa shape index (κ1) is 18.8. The summed E-state index contributed by atoms with van der Waals surface area (Å²) in [6.07, 6.45) is 3.07. The number of piperidine rings is 1. The van der Waals surface area contributed by atoms with E-state index in [0.717, 1.165) is 18.5 Å². The number of carbonyl (C=O) groups excluding carboxylic acids is 2. The van der Waals surface area contributed by atoms with Crippen molar-refractivity contribution in [2.75, 3.05) is 26.7 Å². The Balaban J connectivity index is 1.62. The predicted molar refractivity (Wildman–Crippen MR) is 103 cm³/mol. The van der Waals surface area contributed by atoms with E-state index in [0.29, 0.717) is 36.9 Å². The number of rotatable bonds is 5. The highest BCUT2D eigenvalue weighted by Gasteiger charge is 2.28. The third kappa shape index (κ3) is 4.24. The Labute approximate surface area is 159 Å². The molecule has 1 aliphatic heterocycles. The Morgan fingerprint density at radius 1 is 1.22 bits per heavy atom. The van der Waals surface area contributed by atoms with Crippen LogP contribution in [0.3, 0.4) is 0 Å². The van der Waals surface area contributed by atoms with E-state index in [1.165, 1.54) is 10.9 Å². The monoisotopic (exact) mass is 367 g/mol. The highest BCUT2D eigenvalue weighted by molar-refractivity contribution is 5.93. The van der Waals surface area contributed by atoms with Gasteiger partial charge in [0.1, 0.15) is 0 Å². The van der Waals surface area contributed by atoms with Crippen LogP contribution in [0, 0.1) is 12.8 Å². The topological polar surface area (TPSA) is 71.3 Å². The van der Waals surface area contributed by atoms with Gasteiger partial charge in [0.2, 0.25) is 5.91 Å². The quantitative estimate of drug-likeness (QED) is 0.759. The van der Waals surface area contributed by atoms with Crippen LogP contribution in [-0.2, 0) is 4.79 Å². The molecule has 2 aromatic rings. The maximum absolute atomic E-state index is 12.9. The summed E-state index contributed by atoms with van der Waals surface area (Å²) in [5, 5.41) is 8.79. The fourth-order valence-electron chi connectivity index (χ4n) is 3.35. The van der Waals surface area contributed by atoms with E-state index < -0.39 is 0 Å². The molecule has 0 radical (unpaired) electrons.